The van der Waals surface area contributed by atoms with Crippen LogP contribution in [0.1, 0.15) is 23.7 Å². The summed E-state index contributed by atoms with van der Waals surface area (Å²) in [6, 6.07) is 4.43. The number of rotatable bonds is 6. The molecule has 0 spiro atoms. The van der Waals surface area contributed by atoms with Gasteiger partial charge in [0.05, 0.1) is 25.8 Å². The first-order chi connectivity index (χ1) is 9.58. The summed E-state index contributed by atoms with van der Waals surface area (Å²) in [4.78, 5) is 12.2. The summed E-state index contributed by atoms with van der Waals surface area (Å²) in [5, 5.41) is 14.2. The number of hydrogen-bond donors (Lipinski definition) is 3. The third-order valence-corrected chi connectivity index (χ3v) is 2.83. The average molecular weight is 281 g/mol. The lowest BCUT2D eigenvalue weighted by atomic mass is 10.1. The summed E-state index contributed by atoms with van der Waals surface area (Å²) >= 11 is 0. The highest BCUT2D eigenvalue weighted by molar-refractivity contribution is 6.00. The highest BCUT2D eigenvalue weighted by Gasteiger charge is 2.20. The molecule has 0 radical (unpaired) electrons. The maximum absolute atomic E-state index is 12.2. The van der Waals surface area contributed by atoms with E-state index in [4.69, 9.17) is 20.4 Å². The van der Waals surface area contributed by atoms with Crippen LogP contribution in [-0.4, -0.2) is 37.2 Å². The van der Waals surface area contributed by atoms with Crippen molar-refractivity contribution >= 4 is 11.7 Å². The summed E-state index contributed by atoms with van der Waals surface area (Å²) in [5.74, 6) is 0.348. The van der Waals surface area contributed by atoms with Gasteiger partial charge in [-0.1, -0.05) is 18.1 Å². The molecule has 4 N–H and O–H groups in total. The summed E-state index contributed by atoms with van der Waals surface area (Å²) in [7, 11) is 2.94. The topological polar surface area (TPSA) is 106 Å². The van der Waals surface area contributed by atoms with Gasteiger partial charge >= 0.3 is 0 Å². The van der Waals surface area contributed by atoms with Crippen LogP contribution in [0, 0.1) is 0 Å². The number of nitrogens with two attached hydrogens (primary N) is 1. The number of oxime groups is 1. The molecule has 0 bridgehead atoms. The van der Waals surface area contributed by atoms with Crippen molar-refractivity contribution in [2.45, 2.75) is 19.4 Å². The van der Waals surface area contributed by atoms with Crippen molar-refractivity contribution in [2.75, 3.05) is 14.2 Å². The van der Waals surface area contributed by atoms with Crippen LogP contribution in [0.5, 0.6) is 11.5 Å². The Labute approximate surface area is 117 Å². The number of ether oxygens (including phenoxy) is 2. The van der Waals surface area contributed by atoms with E-state index in [-0.39, 0.29) is 11.7 Å². The van der Waals surface area contributed by atoms with E-state index in [0.29, 0.717) is 23.5 Å². The van der Waals surface area contributed by atoms with Crippen LogP contribution >= 0.6 is 0 Å². The van der Waals surface area contributed by atoms with E-state index in [9.17, 15) is 4.79 Å². The maximum atomic E-state index is 12.2. The Bertz CT molecular complexity index is 502. The number of benzene rings is 1. The molecular weight excluding hydrogens is 262 g/mol. The average Bonchev–Trinajstić information content (AvgIpc) is 2.50. The molecule has 1 rings (SSSR count). The van der Waals surface area contributed by atoms with E-state index in [1.165, 1.54) is 14.2 Å². The van der Waals surface area contributed by atoms with Crippen molar-refractivity contribution in [3.8, 4) is 11.5 Å². The van der Waals surface area contributed by atoms with Gasteiger partial charge in [0.1, 0.15) is 0 Å². The van der Waals surface area contributed by atoms with Crippen molar-refractivity contribution in [3.05, 3.63) is 23.8 Å². The van der Waals surface area contributed by atoms with Gasteiger partial charge in [-0.15, -0.1) is 0 Å². The lowest BCUT2D eigenvalue weighted by Gasteiger charge is -2.17. The fourth-order valence-electron chi connectivity index (χ4n) is 1.76. The zero-order valence-corrected chi connectivity index (χ0v) is 11.7. The van der Waals surface area contributed by atoms with Crippen LogP contribution in [0.25, 0.3) is 0 Å². The Kier molecular flexibility index (Phi) is 5.64. The Balaban J connectivity index is 3.03. The lowest BCUT2D eigenvalue weighted by molar-refractivity contribution is 0.0942. The third-order valence-electron chi connectivity index (χ3n) is 2.83. The molecule has 0 saturated heterocycles. The Hall–Kier alpha value is -2.44. The van der Waals surface area contributed by atoms with E-state index in [1.807, 2.05) is 6.92 Å². The van der Waals surface area contributed by atoms with Gasteiger partial charge < -0.3 is 25.7 Å². The fourth-order valence-corrected chi connectivity index (χ4v) is 1.76. The Morgan fingerprint density at radius 3 is 2.65 bits per heavy atom. The van der Waals surface area contributed by atoms with Crippen LogP contribution in [0.3, 0.4) is 0 Å². The molecule has 1 atom stereocenters. The molecule has 20 heavy (non-hydrogen) atoms. The normalized spacial score (nSPS) is 12.7. The zero-order chi connectivity index (χ0) is 15.1. The number of nitrogens with one attached hydrogen (secondary N) is 1. The van der Waals surface area contributed by atoms with E-state index >= 15 is 0 Å². The summed E-state index contributed by atoms with van der Waals surface area (Å²) < 4.78 is 10.3. The second kappa shape index (κ2) is 7.22. The smallest absolute Gasteiger partial charge is 0.255 e. The molecule has 7 heteroatoms. The predicted molar refractivity (Wildman–Crippen MR) is 74.5 cm³/mol. The fraction of sp³-hybridized carbons (Fsp3) is 0.385. The standard InChI is InChI=1S/C13H19N3O4/c1-4-9(12(14)16-18)15-13(17)8-6-5-7-10(19-2)11(8)20-3/h5-7,9,18H,4H2,1-3H3,(H2,14,16)(H,15,17). The van der Waals surface area contributed by atoms with Crippen molar-refractivity contribution in [2.24, 2.45) is 10.9 Å². The first-order valence-electron chi connectivity index (χ1n) is 6.08. The predicted octanol–water partition coefficient (Wildman–Crippen LogP) is 0.959. The molecule has 0 saturated carbocycles. The molecule has 1 amide bonds. The SMILES string of the molecule is CCC(NC(=O)c1cccc(OC)c1OC)/C(N)=N/O. The summed E-state index contributed by atoms with van der Waals surface area (Å²) in [5.41, 5.74) is 5.83. The molecule has 0 aliphatic rings. The van der Waals surface area contributed by atoms with E-state index in [0.717, 1.165) is 0 Å². The van der Waals surface area contributed by atoms with Gasteiger partial charge in [-0.2, -0.15) is 0 Å². The number of nitrogens with zero attached hydrogens (tertiary/aromatic N) is 1. The molecule has 1 unspecified atom stereocenters. The van der Waals surface area contributed by atoms with Crippen LogP contribution in [0.4, 0.5) is 0 Å². The van der Waals surface area contributed by atoms with Crippen LogP contribution in [0.2, 0.25) is 0 Å². The lowest BCUT2D eigenvalue weighted by Crippen LogP contribution is -2.44. The number of amidine groups is 1. The minimum atomic E-state index is -0.552. The molecular formula is C13H19N3O4. The quantitative estimate of drug-likeness (QED) is 0.311. The third kappa shape index (κ3) is 3.31. The van der Waals surface area contributed by atoms with Crippen LogP contribution < -0.4 is 20.5 Å². The molecule has 0 aliphatic heterocycles. The van der Waals surface area contributed by atoms with Gasteiger partial charge in [-0.25, -0.2) is 0 Å². The maximum Gasteiger partial charge on any atom is 0.255 e. The largest absolute Gasteiger partial charge is 0.493 e. The van der Waals surface area contributed by atoms with E-state index in [1.54, 1.807) is 18.2 Å². The second-order valence-corrected chi connectivity index (χ2v) is 4.00. The highest BCUT2D eigenvalue weighted by Crippen LogP contribution is 2.30. The molecule has 0 aliphatic carbocycles. The molecule has 0 fully saturated rings. The number of amides is 1. The van der Waals surface area contributed by atoms with Gasteiger partial charge in [0, 0.05) is 0 Å². The number of hydrogen-bond acceptors (Lipinski definition) is 5. The first-order valence-corrected chi connectivity index (χ1v) is 6.08. The van der Waals surface area contributed by atoms with E-state index in [2.05, 4.69) is 10.5 Å². The van der Waals surface area contributed by atoms with E-state index < -0.39 is 6.04 Å². The Morgan fingerprint density at radius 1 is 1.45 bits per heavy atom. The number of carbonyl (C=O) groups excluding carboxylic acids is 1. The monoisotopic (exact) mass is 281 g/mol. The molecule has 110 valence electrons. The highest BCUT2D eigenvalue weighted by atomic mass is 16.5. The van der Waals surface area contributed by atoms with Crippen molar-refractivity contribution < 1.29 is 19.5 Å². The van der Waals surface area contributed by atoms with Gasteiger partial charge in [-0.05, 0) is 18.6 Å². The summed E-state index contributed by atoms with van der Waals surface area (Å²) in [6.07, 6.45) is 0.494. The molecule has 7 nitrogen and oxygen atoms in total. The first kappa shape index (κ1) is 15.6. The molecule has 0 aromatic heterocycles. The van der Waals surface area contributed by atoms with Crippen molar-refractivity contribution in [1.29, 1.82) is 0 Å². The van der Waals surface area contributed by atoms with Gasteiger partial charge in [0.2, 0.25) is 0 Å². The summed E-state index contributed by atoms with van der Waals surface area (Å²) in [6.45, 7) is 1.81. The number of para-hydroxylation sites is 1. The Morgan fingerprint density at radius 2 is 2.15 bits per heavy atom. The molecule has 1 aromatic rings. The second-order valence-electron chi connectivity index (χ2n) is 4.00. The zero-order valence-electron chi connectivity index (χ0n) is 11.7. The number of methoxy groups -OCH3 is 2. The molecule has 1 aromatic carbocycles. The van der Waals surface area contributed by atoms with Crippen LogP contribution in [-0.2, 0) is 0 Å². The van der Waals surface area contributed by atoms with Gasteiger partial charge in [0.25, 0.3) is 5.91 Å². The minimum absolute atomic E-state index is 0.0530. The number of carbonyl (C=O) groups is 1. The van der Waals surface area contributed by atoms with Crippen LogP contribution in [0.15, 0.2) is 23.4 Å². The van der Waals surface area contributed by atoms with Crippen molar-refractivity contribution in [3.63, 3.8) is 0 Å². The van der Waals surface area contributed by atoms with Gasteiger partial charge in [0.15, 0.2) is 17.3 Å². The van der Waals surface area contributed by atoms with Crippen molar-refractivity contribution in [1.82, 2.24) is 5.32 Å². The molecule has 0 heterocycles. The minimum Gasteiger partial charge on any atom is -0.493 e. The van der Waals surface area contributed by atoms with Gasteiger partial charge in [-0.3, -0.25) is 4.79 Å².